The molecule has 0 saturated carbocycles. The maximum atomic E-state index is 14.2. The summed E-state index contributed by atoms with van der Waals surface area (Å²) in [7, 11) is 5.63. The van der Waals surface area contributed by atoms with Gasteiger partial charge in [0.25, 0.3) is 5.91 Å². The van der Waals surface area contributed by atoms with Gasteiger partial charge < -0.3 is 57.6 Å². The highest BCUT2D eigenvalue weighted by Crippen LogP contribution is 2.41. The van der Waals surface area contributed by atoms with E-state index in [-0.39, 0.29) is 40.3 Å². The molecule has 0 N–H and O–H groups in total. The Balaban J connectivity index is 0.000000140. The van der Waals surface area contributed by atoms with Crippen LogP contribution >= 0.6 is 11.6 Å². The number of ether oxygens (including phenoxy) is 7. The summed E-state index contributed by atoms with van der Waals surface area (Å²) in [6, 6.07) is 53.7. The van der Waals surface area contributed by atoms with Crippen molar-refractivity contribution in [3.8, 4) is 11.5 Å². The van der Waals surface area contributed by atoms with E-state index >= 15 is 0 Å². The number of halogens is 5. The molecule has 0 spiro atoms. The number of benzene rings is 8. The van der Waals surface area contributed by atoms with Crippen molar-refractivity contribution in [1.29, 1.82) is 0 Å². The molecule has 10 aliphatic rings. The highest BCUT2D eigenvalue weighted by Gasteiger charge is 2.44. The second kappa shape index (κ2) is 43.9. The van der Waals surface area contributed by atoms with Gasteiger partial charge in [0.1, 0.15) is 75.5 Å². The number of hydrazone groups is 1. The highest BCUT2D eigenvalue weighted by molar-refractivity contribution is 6.40. The zero-order valence-corrected chi connectivity index (χ0v) is 79.2. The van der Waals surface area contributed by atoms with Gasteiger partial charge in [0.15, 0.2) is 23.3 Å². The van der Waals surface area contributed by atoms with Crippen molar-refractivity contribution >= 4 is 116 Å². The standard InChI is InChI=1S/C30H33N3O4.C28H24N2O4.C28H25NO4.C26H18ClF4NO3/c1-6-32(4)26-14-12-23(28(20-26)36-17-16-35-5)13-15-27-19-24(18-21(2)37-27)29-22(3)31-33(30(29)34)25-10-8-7-9-11-25;1-18(20-10-12-23(13-11-20)30-14-6-9-25(30)31)15-24-17-22(16-19(2)33-24)26-27(29-34-28(26)32)21-7-4-3-5-8-21;1-19-17-21(26-27(30)24-7-3-4-8-25(24)33-28(26)31)18-23(32-19)14-11-20-9-12-22(13-10-20)29-15-5-2-6-16-29;1-4-32(3)15-7-5-13(17(27)11-15)6-8-16-10-14(9-12(2)35-16)18-25(33)19-20(26(18)34)22(29)24(31)23(30)21(19)28/h7-15,18-20H,6,16-17H2,1-5H3;3-5,7-8,10-13,15-17H,6,9,14H2,1-2H3;3-4,7-14,17-18H,2,5-6,15-16H2,1H3;5-11H,4H2,1-3H3/b15-13?,29-24+;18-15-,26-22+;14-11?,26-21+;. The zero-order valence-electron chi connectivity index (χ0n) is 78.5. The number of hydrogen-bond donors (Lipinski definition) is 0. The number of carbonyl (C=O) groups is 7. The fraction of sp³-hybridized carbons (Fsp3) is 0.205. The first kappa shape index (κ1) is 97.7. The lowest BCUT2D eigenvalue weighted by Gasteiger charge is -2.28. The molecule has 2 saturated heterocycles. The number of Topliss-reactive ketones (excluding diaryl/α,β-unsaturated/α-hetero) is 3. The molecular formula is C112H100ClF4N7O15. The van der Waals surface area contributed by atoms with Crippen molar-refractivity contribution < 1.29 is 89.1 Å². The average Bonchev–Trinajstić information content (AvgIpc) is 1.58. The third-order valence-electron chi connectivity index (χ3n) is 23.9. The largest absolute Gasteiger partial charge is 0.490 e. The molecule has 27 heteroatoms. The molecule has 139 heavy (non-hydrogen) atoms. The molecule has 0 radical (unpaired) electrons. The predicted molar refractivity (Wildman–Crippen MR) is 532 cm³/mol. The van der Waals surface area contributed by atoms with E-state index < -0.39 is 63.5 Å². The highest BCUT2D eigenvalue weighted by atomic mass is 35.5. The molecule has 0 atom stereocenters. The number of ketones is 3. The average molecular weight is 1900 g/mol. The molecule has 9 heterocycles. The molecule has 22 nitrogen and oxygen atoms in total. The predicted octanol–water partition coefficient (Wildman–Crippen LogP) is 23.2. The van der Waals surface area contributed by atoms with E-state index in [1.165, 1.54) is 42.1 Å². The number of rotatable bonds is 20. The fourth-order valence-corrected chi connectivity index (χ4v) is 16.8. The molecule has 2 fully saturated rings. The van der Waals surface area contributed by atoms with Crippen LogP contribution in [-0.2, 0) is 47.7 Å². The lowest BCUT2D eigenvalue weighted by Crippen LogP contribution is -2.29. The van der Waals surface area contributed by atoms with Crippen molar-refractivity contribution in [3.63, 3.8) is 0 Å². The third-order valence-corrected chi connectivity index (χ3v) is 24.2. The first-order chi connectivity index (χ1) is 67.0. The Morgan fingerprint density at radius 1 is 0.482 bits per heavy atom. The summed E-state index contributed by atoms with van der Waals surface area (Å²) in [6.45, 7) is 20.7. The number of piperidine rings is 1. The minimum absolute atomic E-state index is 0.00904. The molecule has 0 unspecified atom stereocenters. The van der Waals surface area contributed by atoms with Gasteiger partial charge >= 0.3 is 11.9 Å². The van der Waals surface area contributed by atoms with Crippen molar-refractivity contribution in [1.82, 2.24) is 0 Å². The van der Waals surface area contributed by atoms with E-state index in [1.807, 2.05) is 216 Å². The molecule has 0 aromatic heterocycles. The number of anilines is 5. The van der Waals surface area contributed by atoms with E-state index in [2.05, 4.69) is 57.3 Å². The molecule has 0 bridgehead atoms. The zero-order chi connectivity index (χ0) is 98.4. The summed E-state index contributed by atoms with van der Waals surface area (Å²) < 4.78 is 95.7. The van der Waals surface area contributed by atoms with Crippen LogP contribution in [0.1, 0.15) is 146 Å². The summed E-state index contributed by atoms with van der Waals surface area (Å²) in [5.41, 5.74) is 12.0. The van der Waals surface area contributed by atoms with E-state index in [9.17, 15) is 51.1 Å². The maximum absolute atomic E-state index is 14.2. The van der Waals surface area contributed by atoms with Gasteiger partial charge in [0.05, 0.1) is 51.4 Å². The smallest absolute Gasteiger partial charge is 0.368 e. The van der Waals surface area contributed by atoms with Crippen LogP contribution in [0.15, 0.2) is 344 Å². The van der Waals surface area contributed by atoms with E-state index in [0.29, 0.717) is 110 Å². The summed E-state index contributed by atoms with van der Waals surface area (Å²) in [5, 5.41) is 10.4. The second-order valence-corrected chi connectivity index (χ2v) is 34.0. The van der Waals surface area contributed by atoms with Gasteiger partial charge in [-0.3, -0.25) is 24.0 Å². The Kier molecular flexibility index (Phi) is 30.9. The monoisotopic (exact) mass is 1890 g/mol. The SMILES string of the molecule is CC1=C/C(=C2\C(=O)ON=C2c2ccccc2)C=C(/C=C(/C)c2ccc(N3CCCC3=O)cc2)O1.CC1=C/C(=C2\C(=O)Oc3ccccc3C2=O)C=C(C=Cc2ccc(N3CCCCC3)cc2)O1.CCN(C)c1ccc(C=CC2=C/C(=C3/C(=O)N(c4ccccc4)N=C3C)C=C(C)O2)c(OCCOC)c1.CCN(C)c1ccc(C=CC2=CC(=C3C(=O)c4c(F)c(F)c(F)c(F)c4C3=O)C=C(C)O2)c(Cl)c1. The second-order valence-electron chi connectivity index (χ2n) is 33.6. The summed E-state index contributed by atoms with van der Waals surface area (Å²) in [4.78, 5) is 102. The first-order valence-electron chi connectivity index (χ1n) is 45.4. The minimum Gasteiger partial charge on any atom is -0.490 e. The van der Waals surface area contributed by atoms with E-state index in [4.69, 9.17) is 49.6 Å². The van der Waals surface area contributed by atoms with E-state index in [1.54, 1.807) is 81.7 Å². The number of carbonyl (C=O) groups excluding carboxylic acids is 7. The Morgan fingerprint density at radius 2 is 1.00 bits per heavy atom. The number of methoxy groups -OCH3 is 1. The van der Waals surface area contributed by atoms with Crippen LogP contribution in [0.25, 0.3) is 23.8 Å². The number of allylic oxidation sites excluding steroid dienone is 22. The molecule has 18 rings (SSSR count). The van der Waals surface area contributed by atoms with Crippen LogP contribution in [0.3, 0.4) is 0 Å². The lowest BCUT2D eigenvalue weighted by molar-refractivity contribution is -0.137. The van der Waals surface area contributed by atoms with Crippen LogP contribution in [0.4, 0.5) is 46.0 Å². The first-order valence-corrected chi connectivity index (χ1v) is 45.8. The number of fused-ring (bicyclic) bond motifs is 2. The topological polar surface area (TPSA) is 234 Å². The normalized spacial score (nSPS) is 18.5. The minimum atomic E-state index is -2.15. The number of esters is 1. The van der Waals surface area contributed by atoms with Gasteiger partial charge in [0.2, 0.25) is 23.3 Å². The van der Waals surface area contributed by atoms with Crippen molar-refractivity contribution in [3.05, 3.63) is 406 Å². The van der Waals surface area contributed by atoms with Gasteiger partial charge in [-0.15, -0.1) is 0 Å². The Morgan fingerprint density at radius 3 is 1.58 bits per heavy atom. The molecular weight excluding hydrogens is 1790 g/mol. The summed E-state index contributed by atoms with van der Waals surface area (Å²) >= 11 is 6.37. The van der Waals surface area contributed by atoms with Crippen LogP contribution < -0.4 is 34.1 Å². The molecule has 708 valence electrons. The van der Waals surface area contributed by atoms with Crippen molar-refractivity contribution in [2.24, 2.45) is 10.3 Å². The van der Waals surface area contributed by atoms with Gasteiger partial charge in [-0.2, -0.15) is 10.1 Å². The summed E-state index contributed by atoms with van der Waals surface area (Å²) in [5.74, 6) is -6.76. The number of hydrogen-bond acceptors (Lipinski definition) is 20. The van der Waals surface area contributed by atoms with E-state index in [0.717, 1.165) is 101 Å². The number of para-hydroxylation sites is 2. The Hall–Kier alpha value is -15.8. The van der Waals surface area contributed by atoms with Gasteiger partial charge in [0, 0.05) is 105 Å². The van der Waals surface area contributed by atoms with Crippen LogP contribution in [0, 0.1) is 23.3 Å². The number of amides is 2. The van der Waals surface area contributed by atoms with Crippen LogP contribution in [0.5, 0.6) is 11.5 Å². The molecule has 8 aromatic rings. The lowest BCUT2D eigenvalue weighted by atomic mass is 9.94. The van der Waals surface area contributed by atoms with Crippen LogP contribution in [0.2, 0.25) is 5.02 Å². The third kappa shape index (κ3) is 22.5. The maximum Gasteiger partial charge on any atom is 0.368 e. The van der Waals surface area contributed by atoms with Crippen LogP contribution in [-0.4, -0.2) is 120 Å². The number of nitrogens with zero attached hydrogens (tertiary/aromatic N) is 7. The fourth-order valence-electron chi connectivity index (χ4n) is 16.6. The molecule has 1 aliphatic carbocycles. The van der Waals surface area contributed by atoms with Gasteiger partial charge in [-0.1, -0.05) is 114 Å². The Bertz CT molecular complexity index is 6870. The van der Waals surface area contributed by atoms with Gasteiger partial charge in [-0.05, 0) is 283 Å². The molecule has 8 aromatic carbocycles. The van der Waals surface area contributed by atoms with Crippen molar-refractivity contribution in [2.75, 3.05) is 91.8 Å². The van der Waals surface area contributed by atoms with Crippen molar-refractivity contribution in [2.45, 2.75) is 87.5 Å². The molecule has 9 aliphatic heterocycles. The van der Waals surface area contributed by atoms with Gasteiger partial charge in [-0.25, -0.2) is 27.2 Å². The Labute approximate surface area is 808 Å². The number of oxime groups is 1. The quantitative estimate of drug-likeness (QED) is 0.00794. The molecule has 2 amide bonds. The summed E-state index contributed by atoms with van der Waals surface area (Å²) in [6.07, 6.45) is 31.5.